The van der Waals surface area contributed by atoms with Crippen LogP contribution in [0.3, 0.4) is 0 Å². The predicted octanol–water partition coefficient (Wildman–Crippen LogP) is -4.15. The third-order valence-corrected chi connectivity index (χ3v) is 4.22. The summed E-state index contributed by atoms with van der Waals surface area (Å²) in [4.78, 5) is 1.33. The van der Waals surface area contributed by atoms with Crippen molar-refractivity contribution in [2.45, 2.75) is 12.1 Å². The monoisotopic (exact) mass is 224 g/mol. The second kappa shape index (κ2) is 4.57. The molecule has 0 aliphatic carbocycles. The van der Waals surface area contributed by atoms with Gasteiger partial charge in [0.25, 0.3) is 0 Å². The molecular formula is C8H20N2O3S+2. The van der Waals surface area contributed by atoms with E-state index in [0.717, 1.165) is 13.1 Å². The molecule has 6 heteroatoms. The van der Waals surface area contributed by atoms with E-state index < -0.39 is 15.9 Å². The zero-order valence-electron chi connectivity index (χ0n) is 8.73. The fourth-order valence-electron chi connectivity index (χ4n) is 1.67. The molecule has 4 N–H and O–H groups in total. The van der Waals surface area contributed by atoms with E-state index in [9.17, 15) is 13.5 Å². The summed E-state index contributed by atoms with van der Waals surface area (Å²) in [6.45, 7) is 1.84. The lowest BCUT2D eigenvalue weighted by molar-refractivity contribution is -0.877. The molecule has 5 nitrogen and oxygen atoms in total. The number of rotatable bonds is 4. The van der Waals surface area contributed by atoms with Gasteiger partial charge in [0.15, 0.2) is 9.84 Å². The number of hydrogen-bond acceptors (Lipinski definition) is 3. The Morgan fingerprint density at radius 1 is 1.43 bits per heavy atom. The van der Waals surface area contributed by atoms with Crippen molar-refractivity contribution in [1.29, 1.82) is 0 Å². The van der Waals surface area contributed by atoms with Crippen molar-refractivity contribution in [3.8, 4) is 0 Å². The van der Waals surface area contributed by atoms with Crippen LogP contribution in [-0.2, 0) is 9.84 Å². The molecule has 1 heterocycles. The molecule has 2 atom stereocenters. The maximum Gasteiger partial charge on any atom is 0.159 e. The molecule has 1 aliphatic heterocycles. The van der Waals surface area contributed by atoms with Crippen LogP contribution < -0.4 is 10.2 Å². The van der Waals surface area contributed by atoms with Crippen molar-refractivity contribution >= 4 is 9.84 Å². The maximum absolute atomic E-state index is 11.2. The Kier molecular flexibility index (Phi) is 3.88. The smallest absolute Gasteiger partial charge is 0.159 e. The summed E-state index contributed by atoms with van der Waals surface area (Å²) in [7, 11) is 1.12. The summed E-state index contributed by atoms with van der Waals surface area (Å²) in [5.41, 5.74) is 0. The van der Waals surface area contributed by atoms with Crippen LogP contribution in [0.4, 0.5) is 0 Å². The summed E-state index contributed by atoms with van der Waals surface area (Å²) < 4.78 is 22.3. The van der Waals surface area contributed by atoms with Crippen molar-refractivity contribution < 1.29 is 23.7 Å². The molecule has 84 valence electrons. The van der Waals surface area contributed by atoms with Crippen LogP contribution in [0.15, 0.2) is 0 Å². The number of aliphatic hydroxyl groups excluding tert-OH is 1. The Bertz CT molecular complexity index is 276. The van der Waals surface area contributed by atoms with Crippen LogP contribution in [0.2, 0.25) is 0 Å². The Balaban J connectivity index is 2.33. The average Bonchev–Trinajstić information content (AvgIpc) is 2.24. The molecule has 14 heavy (non-hydrogen) atoms. The summed E-state index contributed by atoms with van der Waals surface area (Å²) in [5, 5.41) is 11.4. The Morgan fingerprint density at radius 3 is 2.50 bits per heavy atom. The van der Waals surface area contributed by atoms with Crippen molar-refractivity contribution in [2.75, 3.05) is 38.7 Å². The Labute approximate surface area is 85.0 Å². The van der Waals surface area contributed by atoms with E-state index in [-0.39, 0.29) is 17.5 Å². The predicted molar refractivity (Wildman–Crippen MR) is 52.9 cm³/mol. The highest BCUT2D eigenvalue weighted by molar-refractivity contribution is 7.91. The minimum absolute atomic E-state index is 0.0665. The molecule has 1 saturated heterocycles. The molecule has 0 saturated carbocycles. The normalized spacial score (nSPS) is 31.1. The number of quaternary nitrogens is 2. The fraction of sp³-hybridized carbons (Fsp3) is 1.00. The van der Waals surface area contributed by atoms with Crippen molar-refractivity contribution in [2.24, 2.45) is 0 Å². The summed E-state index contributed by atoms with van der Waals surface area (Å²) in [5.74, 6) is 0.0555. The van der Waals surface area contributed by atoms with Crippen LogP contribution in [-0.4, -0.2) is 64.4 Å². The minimum atomic E-state index is -2.98. The molecule has 0 aromatic heterocycles. The average molecular weight is 224 g/mol. The highest BCUT2D eigenvalue weighted by Gasteiger charge is 2.38. The standard InChI is InChI=1S/C8H18N2O3S/c1-10(2)4-3-9-7-5-14(12,13)6-8(7)11/h7-9,11H,3-6H2,1-2H3/p+2/t7-,8+/m1/s1. The molecule has 1 aliphatic rings. The van der Waals surface area contributed by atoms with Gasteiger partial charge in [-0.25, -0.2) is 8.42 Å². The van der Waals surface area contributed by atoms with E-state index in [1.807, 2.05) is 5.32 Å². The molecule has 1 rings (SSSR count). The van der Waals surface area contributed by atoms with Crippen LogP contribution >= 0.6 is 0 Å². The zero-order valence-corrected chi connectivity index (χ0v) is 9.55. The topological polar surface area (TPSA) is 75.4 Å². The van der Waals surface area contributed by atoms with Gasteiger partial charge in [-0.3, -0.25) is 0 Å². The SMILES string of the molecule is C[NH+](C)CC[NH2+][C@@H]1CS(=O)(=O)C[C@@H]1O. The van der Waals surface area contributed by atoms with E-state index in [1.165, 1.54) is 4.90 Å². The first kappa shape index (κ1) is 11.9. The van der Waals surface area contributed by atoms with E-state index in [4.69, 9.17) is 0 Å². The van der Waals surface area contributed by atoms with Gasteiger partial charge < -0.3 is 15.3 Å². The Morgan fingerprint density at radius 2 is 2.07 bits per heavy atom. The lowest BCUT2D eigenvalue weighted by Gasteiger charge is -2.12. The highest BCUT2D eigenvalue weighted by Crippen LogP contribution is 2.08. The van der Waals surface area contributed by atoms with Gasteiger partial charge in [-0.05, 0) is 0 Å². The number of nitrogens with one attached hydrogen (secondary N) is 1. The molecule has 0 aromatic carbocycles. The van der Waals surface area contributed by atoms with E-state index in [1.54, 1.807) is 0 Å². The molecule has 0 aromatic rings. The van der Waals surface area contributed by atoms with Gasteiger partial charge in [0.2, 0.25) is 0 Å². The molecule has 0 amide bonds. The van der Waals surface area contributed by atoms with Gasteiger partial charge in [-0.2, -0.15) is 0 Å². The molecule has 0 bridgehead atoms. The third kappa shape index (κ3) is 3.53. The van der Waals surface area contributed by atoms with Crippen LogP contribution in [0.25, 0.3) is 0 Å². The largest absolute Gasteiger partial charge is 0.386 e. The van der Waals surface area contributed by atoms with Gasteiger partial charge in [-0.1, -0.05) is 0 Å². The zero-order chi connectivity index (χ0) is 10.8. The van der Waals surface area contributed by atoms with E-state index >= 15 is 0 Å². The number of hydrogen-bond donors (Lipinski definition) is 3. The van der Waals surface area contributed by atoms with Crippen LogP contribution in [0.5, 0.6) is 0 Å². The summed E-state index contributed by atoms with van der Waals surface area (Å²) >= 11 is 0. The number of nitrogens with two attached hydrogens (primary N) is 1. The summed E-state index contributed by atoms with van der Waals surface area (Å²) in [6, 6.07) is -0.153. The molecule has 0 unspecified atom stereocenters. The lowest BCUT2D eigenvalue weighted by Crippen LogP contribution is -3.10. The van der Waals surface area contributed by atoms with Gasteiger partial charge in [0.1, 0.15) is 31.0 Å². The maximum atomic E-state index is 11.2. The fourth-order valence-corrected chi connectivity index (χ4v) is 3.52. The second-order valence-corrected chi connectivity index (χ2v) is 6.44. The van der Waals surface area contributed by atoms with Gasteiger partial charge >= 0.3 is 0 Å². The highest BCUT2D eigenvalue weighted by atomic mass is 32.2. The second-order valence-electron chi connectivity index (χ2n) is 4.29. The molecule has 0 spiro atoms. The van der Waals surface area contributed by atoms with Crippen molar-refractivity contribution in [3.05, 3.63) is 0 Å². The number of aliphatic hydroxyl groups is 1. The first-order valence-electron chi connectivity index (χ1n) is 4.91. The molecule has 0 radical (unpaired) electrons. The first-order valence-corrected chi connectivity index (χ1v) is 6.74. The van der Waals surface area contributed by atoms with Gasteiger partial charge in [0, 0.05) is 0 Å². The van der Waals surface area contributed by atoms with Crippen molar-refractivity contribution in [3.63, 3.8) is 0 Å². The lowest BCUT2D eigenvalue weighted by atomic mass is 10.2. The number of likely N-dealkylation sites (N-methyl/N-ethyl adjacent to an activating group) is 1. The minimum Gasteiger partial charge on any atom is -0.386 e. The van der Waals surface area contributed by atoms with Crippen LogP contribution in [0.1, 0.15) is 0 Å². The van der Waals surface area contributed by atoms with E-state index in [2.05, 4.69) is 14.1 Å². The Hall–Kier alpha value is -0.170. The van der Waals surface area contributed by atoms with Crippen LogP contribution in [0, 0.1) is 0 Å². The first-order chi connectivity index (χ1) is 6.41. The van der Waals surface area contributed by atoms with Gasteiger partial charge in [-0.15, -0.1) is 0 Å². The summed E-state index contributed by atoms with van der Waals surface area (Å²) in [6.07, 6.45) is -0.683. The van der Waals surface area contributed by atoms with E-state index in [0.29, 0.717) is 0 Å². The molecule has 1 fully saturated rings. The van der Waals surface area contributed by atoms with Gasteiger partial charge in [0.05, 0.1) is 19.8 Å². The van der Waals surface area contributed by atoms with Crippen molar-refractivity contribution in [1.82, 2.24) is 0 Å². The molecular weight excluding hydrogens is 204 g/mol. The number of sulfone groups is 1. The third-order valence-electron chi connectivity index (χ3n) is 2.48. The quantitative estimate of drug-likeness (QED) is 0.454.